The van der Waals surface area contributed by atoms with Crippen molar-refractivity contribution in [2.24, 2.45) is 0 Å². The first kappa shape index (κ1) is 15.6. The van der Waals surface area contributed by atoms with Gasteiger partial charge in [0.1, 0.15) is 18.6 Å². The molecule has 3 rings (SSSR count). The lowest BCUT2D eigenvalue weighted by Crippen LogP contribution is -2.39. The van der Waals surface area contributed by atoms with Gasteiger partial charge in [-0.3, -0.25) is 0 Å². The number of hydroxylamine groups is 2. The fraction of sp³-hybridized carbons (Fsp3) is 0.500. The van der Waals surface area contributed by atoms with Crippen molar-refractivity contribution in [2.45, 2.75) is 12.5 Å². The number of hydrogen-bond donors (Lipinski definition) is 1. The number of morpholine rings is 1. The van der Waals surface area contributed by atoms with E-state index in [0.29, 0.717) is 17.4 Å². The molecule has 0 unspecified atom stereocenters. The van der Waals surface area contributed by atoms with Crippen molar-refractivity contribution in [2.75, 3.05) is 39.9 Å². The molecule has 0 radical (unpaired) electrons. The lowest BCUT2D eigenvalue weighted by Gasteiger charge is -2.23. The van der Waals surface area contributed by atoms with Gasteiger partial charge in [-0.05, 0) is 24.1 Å². The summed E-state index contributed by atoms with van der Waals surface area (Å²) in [5.74, 6) is 0.698. The third kappa shape index (κ3) is 4.14. The largest absolute Gasteiger partial charge is 0.488 e. The highest BCUT2D eigenvalue weighted by atomic mass is 35.5. The van der Waals surface area contributed by atoms with Crippen LogP contribution in [-0.4, -0.2) is 51.1 Å². The van der Waals surface area contributed by atoms with Crippen LogP contribution in [0.4, 0.5) is 0 Å². The van der Waals surface area contributed by atoms with Gasteiger partial charge in [-0.25, -0.2) is 0 Å². The van der Waals surface area contributed by atoms with Crippen molar-refractivity contribution in [3.8, 4) is 5.75 Å². The number of rotatable bonds is 5. The van der Waals surface area contributed by atoms with Crippen molar-refractivity contribution >= 4 is 11.6 Å². The Kier molecular flexibility index (Phi) is 5.20. The highest BCUT2D eigenvalue weighted by Gasteiger charge is 2.16. The molecule has 1 saturated heterocycles. The molecule has 1 N–H and O–H groups in total. The number of nitrogens with zero attached hydrogens (tertiary/aromatic N) is 1. The van der Waals surface area contributed by atoms with Gasteiger partial charge in [0.05, 0.1) is 24.3 Å². The number of nitrogens with one attached hydrogen (secondary N) is 1. The molecule has 22 heavy (non-hydrogen) atoms. The van der Waals surface area contributed by atoms with Crippen LogP contribution in [0.1, 0.15) is 5.56 Å². The summed E-state index contributed by atoms with van der Waals surface area (Å²) in [6, 6.07) is 5.93. The maximum Gasteiger partial charge on any atom is 0.138 e. The zero-order valence-corrected chi connectivity index (χ0v) is 13.4. The third-order valence-corrected chi connectivity index (χ3v) is 4.00. The van der Waals surface area contributed by atoms with Gasteiger partial charge < -0.3 is 19.6 Å². The molecule has 1 fully saturated rings. The zero-order valence-electron chi connectivity index (χ0n) is 12.7. The van der Waals surface area contributed by atoms with Crippen LogP contribution >= 0.6 is 11.6 Å². The number of ether oxygens (including phenoxy) is 2. The normalized spacial score (nSPS) is 22.3. The average Bonchev–Trinajstić information content (AvgIpc) is 2.93. The van der Waals surface area contributed by atoms with Crippen LogP contribution in [0.2, 0.25) is 5.02 Å². The summed E-state index contributed by atoms with van der Waals surface area (Å²) in [5, 5.41) is 5.72. The number of halogens is 1. The van der Waals surface area contributed by atoms with Gasteiger partial charge >= 0.3 is 0 Å². The van der Waals surface area contributed by atoms with Crippen molar-refractivity contribution in [3.63, 3.8) is 0 Å². The van der Waals surface area contributed by atoms with E-state index in [1.54, 1.807) is 11.3 Å². The monoisotopic (exact) mass is 324 g/mol. The van der Waals surface area contributed by atoms with E-state index in [4.69, 9.17) is 25.9 Å². The van der Waals surface area contributed by atoms with E-state index in [1.165, 1.54) is 0 Å². The zero-order chi connectivity index (χ0) is 15.4. The molecular formula is C16H21ClN2O3. The smallest absolute Gasteiger partial charge is 0.138 e. The summed E-state index contributed by atoms with van der Waals surface area (Å²) >= 11 is 6.32. The van der Waals surface area contributed by atoms with Gasteiger partial charge in [0.15, 0.2) is 0 Å². The van der Waals surface area contributed by atoms with Gasteiger partial charge in [0, 0.05) is 25.7 Å². The second-order valence-electron chi connectivity index (χ2n) is 5.62. The maximum atomic E-state index is 6.32. The fourth-order valence-corrected chi connectivity index (χ4v) is 2.83. The first-order chi connectivity index (χ1) is 10.7. The van der Waals surface area contributed by atoms with Crippen molar-refractivity contribution in [1.29, 1.82) is 0 Å². The molecular weight excluding hydrogens is 304 g/mol. The Morgan fingerprint density at radius 2 is 2.36 bits per heavy atom. The summed E-state index contributed by atoms with van der Waals surface area (Å²) in [4.78, 5) is 5.23. The molecule has 0 spiro atoms. The highest BCUT2D eigenvalue weighted by Crippen LogP contribution is 2.27. The average molecular weight is 325 g/mol. The molecule has 2 aliphatic heterocycles. The Morgan fingerprint density at radius 1 is 1.45 bits per heavy atom. The van der Waals surface area contributed by atoms with E-state index in [9.17, 15) is 0 Å². The van der Waals surface area contributed by atoms with Crippen LogP contribution < -0.4 is 10.1 Å². The third-order valence-electron chi connectivity index (χ3n) is 3.70. The van der Waals surface area contributed by atoms with Crippen LogP contribution in [-0.2, 0) is 16.0 Å². The van der Waals surface area contributed by atoms with Gasteiger partial charge in [-0.15, -0.1) is 5.06 Å². The van der Waals surface area contributed by atoms with Crippen molar-refractivity contribution < 1.29 is 14.3 Å². The lowest BCUT2D eigenvalue weighted by molar-refractivity contribution is -0.0497. The Bertz CT molecular complexity index is 544. The van der Waals surface area contributed by atoms with Crippen LogP contribution in [0.15, 0.2) is 30.0 Å². The quantitative estimate of drug-likeness (QED) is 0.897. The molecule has 1 atom stereocenters. The molecule has 1 aromatic carbocycles. The standard InChI is InChI=1S/C16H21ClN2O3/c1-19-9-13(11-22-19)10-21-16-3-2-12(7-15(16)17)6-14-8-18-4-5-20-14/h2-3,7,11,14,18H,4-6,8-10H2,1H3/t14-/m1/s1. The molecule has 2 heterocycles. The molecule has 1 aromatic rings. The summed E-state index contributed by atoms with van der Waals surface area (Å²) in [6.45, 7) is 3.82. The number of likely N-dealkylation sites (N-methyl/N-ethyl adjacent to an activating group) is 1. The molecule has 0 aromatic heterocycles. The van der Waals surface area contributed by atoms with Crippen LogP contribution in [0, 0.1) is 0 Å². The first-order valence-electron chi connectivity index (χ1n) is 7.50. The molecule has 5 nitrogen and oxygen atoms in total. The second-order valence-corrected chi connectivity index (χ2v) is 6.03. The summed E-state index contributed by atoms with van der Waals surface area (Å²) in [7, 11) is 1.88. The highest BCUT2D eigenvalue weighted by molar-refractivity contribution is 6.32. The van der Waals surface area contributed by atoms with E-state index in [2.05, 4.69) is 5.32 Å². The maximum absolute atomic E-state index is 6.32. The van der Waals surface area contributed by atoms with Crippen LogP contribution in [0.25, 0.3) is 0 Å². The molecule has 6 heteroatoms. The van der Waals surface area contributed by atoms with E-state index in [0.717, 1.165) is 43.8 Å². The Hall–Kier alpha value is -1.27. The first-order valence-corrected chi connectivity index (χ1v) is 7.88. The van der Waals surface area contributed by atoms with Crippen molar-refractivity contribution in [1.82, 2.24) is 10.4 Å². The number of hydrogen-bond acceptors (Lipinski definition) is 5. The molecule has 0 bridgehead atoms. The minimum atomic E-state index is 0.216. The van der Waals surface area contributed by atoms with Gasteiger partial charge in [-0.1, -0.05) is 17.7 Å². The summed E-state index contributed by atoms with van der Waals surface area (Å²) < 4.78 is 11.5. The summed E-state index contributed by atoms with van der Waals surface area (Å²) in [5.41, 5.74) is 2.25. The molecule has 0 amide bonds. The molecule has 120 valence electrons. The van der Waals surface area contributed by atoms with E-state index >= 15 is 0 Å². The van der Waals surface area contributed by atoms with E-state index < -0.39 is 0 Å². The predicted octanol–water partition coefficient (Wildman–Crippen LogP) is 2.01. The minimum Gasteiger partial charge on any atom is -0.488 e. The molecule has 0 saturated carbocycles. The molecule has 2 aliphatic rings. The predicted molar refractivity (Wildman–Crippen MR) is 85.1 cm³/mol. The molecule has 0 aliphatic carbocycles. The van der Waals surface area contributed by atoms with Crippen LogP contribution in [0.5, 0.6) is 5.75 Å². The van der Waals surface area contributed by atoms with Gasteiger partial charge in [0.2, 0.25) is 0 Å². The summed E-state index contributed by atoms with van der Waals surface area (Å²) in [6.07, 6.45) is 2.79. The SMILES string of the molecule is CN1CC(COc2ccc(C[C@@H]3CNCCO3)cc2Cl)=CO1. The van der Waals surface area contributed by atoms with Crippen molar-refractivity contribution in [3.05, 3.63) is 40.6 Å². The Morgan fingerprint density at radius 3 is 3.05 bits per heavy atom. The van der Waals surface area contributed by atoms with Gasteiger partial charge in [-0.2, -0.15) is 0 Å². The van der Waals surface area contributed by atoms with Gasteiger partial charge in [0.25, 0.3) is 0 Å². The Balaban J connectivity index is 1.55. The van der Waals surface area contributed by atoms with E-state index in [-0.39, 0.29) is 6.10 Å². The number of benzene rings is 1. The second kappa shape index (κ2) is 7.33. The lowest BCUT2D eigenvalue weighted by atomic mass is 10.1. The fourth-order valence-electron chi connectivity index (χ4n) is 2.58. The Labute approximate surface area is 135 Å². The minimum absolute atomic E-state index is 0.216. The van der Waals surface area contributed by atoms with E-state index in [1.807, 2.05) is 25.2 Å². The topological polar surface area (TPSA) is 43.0 Å². The van der Waals surface area contributed by atoms with Crippen LogP contribution in [0.3, 0.4) is 0 Å².